The van der Waals surface area contributed by atoms with Gasteiger partial charge < -0.3 is 0 Å². The largest absolute Gasteiger partial charge is 0.294 e. The molecule has 2 rings (SSSR count). The Labute approximate surface area is 120 Å². The number of carbonyl (C=O) groups is 1. The third kappa shape index (κ3) is 3.83. The third-order valence-electron chi connectivity index (χ3n) is 3.74. The molecule has 1 saturated heterocycles. The molecular weight excluding hydrogens is 254 g/mol. The fourth-order valence-corrected chi connectivity index (χ4v) is 3.74. The standard InChI is InChI=1S/C16H23NOS/c1-4-14-10-17(7-8-19-14)11-16(18)15-9-12(2)5-6-13(15)3/h5-6,9,14H,4,7-8,10-11H2,1-3H3. The molecule has 1 aromatic rings. The molecule has 1 unspecified atom stereocenters. The van der Waals surface area contributed by atoms with Gasteiger partial charge in [-0.05, 0) is 31.9 Å². The van der Waals surface area contributed by atoms with E-state index in [0.29, 0.717) is 11.8 Å². The molecule has 2 nitrogen and oxygen atoms in total. The van der Waals surface area contributed by atoms with Crippen LogP contribution in [-0.4, -0.2) is 41.3 Å². The molecule has 0 aliphatic carbocycles. The number of benzene rings is 1. The molecule has 1 heterocycles. The molecule has 0 N–H and O–H groups in total. The minimum absolute atomic E-state index is 0.267. The summed E-state index contributed by atoms with van der Waals surface area (Å²) in [5.41, 5.74) is 3.15. The smallest absolute Gasteiger partial charge is 0.177 e. The Balaban J connectivity index is 2.02. The Kier molecular flexibility index (Phi) is 5.06. The van der Waals surface area contributed by atoms with Crippen LogP contribution in [0.25, 0.3) is 0 Å². The fraction of sp³-hybridized carbons (Fsp3) is 0.562. The van der Waals surface area contributed by atoms with E-state index in [1.165, 1.54) is 6.42 Å². The van der Waals surface area contributed by atoms with Crippen LogP contribution in [0.5, 0.6) is 0 Å². The van der Waals surface area contributed by atoms with Gasteiger partial charge in [0.25, 0.3) is 0 Å². The zero-order chi connectivity index (χ0) is 13.8. The maximum absolute atomic E-state index is 12.4. The summed E-state index contributed by atoms with van der Waals surface area (Å²) >= 11 is 2.04. The van der Waals surface area contributed by atoms with Gasteiger partial charge >= 0.3 is 0 Å². The molecule has 1 aliphatic heterocycles. The molecule has 0 bridgehead atoms. The lowest BCUT2D eigenvalue weighted by Crippen LogP contribution is -2.40. The van der Waals surface area contributed by atoms with Crippen molar-refractivity contribution < 1.29 is 4.79 Å². The highest BCUT2D eigenvalue weighted by atomic mass is 32.2. The molecule has 0 saturated carbocycles. The number of rotatable bonds is 4. The normalized spacial score (nSPS) is 20.5. The second kappa shape index (κ2) is 6.58. The topological polar surface area (TPSA) is 20.3 Å². The van der Waals surface area contributed by atoms with Gasteiger partial charge in [0, 0.05) is 29.7 Å². The van der Waals surface area contributed by atoms with Crippen molar-refractivity contribution in [2.75, 3.05) is 25.4 Å². The molecule has 0 spiro atoms. The average molecular weight is 277 g/mol. The maximum atomic E-state index is 12.4. The van der Waals surface area contributed by atoms with Crippen LogP contribution in [0.1, 0.15) is 34.8 Å². The molecular formula is C16H23NOS. The second-order valence-corrected chi connectivity index (χ2v) is 6.79. The van der Waals surface area contributed by atoms with Gasteiger partial charge in [0.1, 0.15) is 0 Å². The minimum atomic E-state index is 0.267. The summed E-state index contributed by atoms with van der Waals surface area (Å²) in [6.07, 6.45) is 1.19. The number of aryl methyl sites for hydroxylation is 2. The first-order valence-corrected chi connectivity index (χ1v) is 8.09. The molecule has 1 aliphatic rings. The van der Waals surface area contributed by atoms with E-state index in [0.717, 1.165) is 35.5 Å². The van der Waals surface area contributed by atoms with E-state index in [2.05, 4.69) is 17.9 Å². The van der Waals surface area contributed by atoms with Crippen LogP contribution >= 0.6 is 11.8 Å². The number of hydrogen-bond acceptors (Lipinski definition) is 3. The Morgan fingerprint density at radius 3 is 2.95 bits per heavy atom. The second-order valence-electron chi connectivity index (χ2n) is 5.38. The van der Waals surface area contributed by atoms with Crippen molar-refractivity contribution in [3.8, 4) is 0 Å². The van der Waals surface area contributed by atoms with E-state index < -0.39 is 0 Å². The van der Waals surface area contributed by atoms with E-state index >= 15 is 0 Å². The summed E-state index contributed by atoms with van der Waals surface area (Å²) in [4.78, 5) is 14.7. The van der Waals surface area contributed by atoms with Gasteiger partial charge in [-0.25, -0.2) is 0 Å². The lowest BCUT2D eigenvalue weighted by atomic mass is 10.0. The molecule has 3 heteroatoms. The SMILES string of the molecule is CCC1CN(CC(=O)c2cc(C)ccc2C)CCS1. The summed E-state index contributed by atoms with van der Waals surface area (Å²) in [5.74, 6) is 1.42. The van der Waals surface area contributed by atoms with Crippen LogP contribution < -0.4 is 0 Å². The van der Waals surface area contributed by atoms with Gasteiger partial charge in [-0.1, -0.05) is 24.6 Å². The van der Waals surface area contributed by atoms with E-state index in [9.17, 15) is 4.79 Å². The maximum Gasteiger partial charge on any atom is 0.177 e. The van der Waals surface area contributed by atoms with E-state index in [1.54, 1.807) is 0 Å². The van der Waals surface area contributed by atoms with Gasteiger partial charge in [0.2, 0.25) is 0 Å². The average Bonchev–Trinajstić information content (AvgIpc) is 2.41. The van der Waals surface area contributed by atoms with E-state index in [-0.39, 0.29) is 5.78 Å². The Morgan fingerprint density at radius 1 is 1.42 bits per heavy atom. The predicted molar refractivity (Wildman–Crippen MR) is 83.2 cm³/mol. The Hall–Kier alpha value is -0.800. The van der Waals surface area contributed by atoms with E-state index in [1.807, 2.05) is 37.7 Å². The zero-order valence-electron chi connectivity index (χ0n) is 12.1. The molecule has 0 radical (unpaired) electrons. The first kappa shape index (κ1) is 14.6. The third-order valence-corrected chi connectivity index (χ3v) is 5.11. The van der Waals surface area contributed by atoms with Crippen molar-refractivity contribution in [3.05, 3.63) is 34.9 Å². The zero-order valence-corrected chi connectivity index (χ0v) is 12.9. The first-order chi connectivity index (χ1) is 9.10. The van der Waals surface area contributed by atoms with Crippen molar-refractivity contribution in [1.29, 1.82) is 0 Å². The molecule has 0 aromatic heterocycles. The van der Waals surface area contributed by atoms with Crippen LogP contribution in [0.3, 0.4) is 0 Å². The van der Waals surface area contributed by atoms with Crippen molar-refractivity contribution in [2.24, 2.45) is 0 Å². The Bertz CT molecular complexity index is 458. The Morgan fingerprint density at radius 2 is 2.21 bits per heavy atom. The van der Waals surface area contributed by atoms with Crippen molar-refractivity contribution in [1.82, 2.24) is 4.90 Å². The molecule has 1 fully saturated rings. The highest BCUT2D eigenvalue weighted by Gasteiger charge is 2.21. The van der Waals surface area contributed by atoms with Gasteiger partial charge in [-0.3, -0.25) is 9.69 Å². The molecule has 1 aromatic carbocycles. The first-order valence-electron chi connectivity index (χ1n) is 7.04. The molecule has 104 valence electrons. The number of thioether (sulfide) groups is 1. The summed E-state index contributed by atoms with van der Waals surface area (Å²) in [7, 11) is 0. The van der Waals surface area contributed by atoms with Crippen molar-refractivity contribution in [2.45, 2.75) is 32.4 Å². The van der Waals surface area contributed by atoms with Crippen molar-refractivity contribution >= 4 is 17.5 Å². The van der Waals surface area contributed by atoms with Crippen LogP contribution in [0.4, 0.5) is 0 Å². The summed E-state index contributed by atoms with van der Waals surface area (Å²) in [6.45, 7) is 8.96. The number of Topliss-reactive ketones (excluding diaryl/α,β-unsaturated/α-hetero) is 1. The monoisotopic (exact) mass is 277 g/mol. The number of hydrogen-bond donors (Lipinski definition) is 0. The predicted octanol–water partition coefficient (Wildman–Crippen LogP) is 3.31. The lowest BCUT2D eigenvalue weighted by Gasteiger charge is -2.31. The van der Waals surface area contributed by atoms with Gasteiger partial charge in [-0.2, -0.15) is 11.8 Å². The number of carbonyl (C=O) groups excluding carboxylic acids is 1. The van der Waals surface area contributed by atoms with Crippen LogP contribution in [0, 0.1) is 13.8 Å². The summed E-state index contributed by atoms with van der Waals surface area (Å²) in [6, 6.07) is 6.13. The summed E-state index contributed by atoms with van der Waals surface area (Å²) in [5, 5.41) is 0.695. The van der Waals surface area contributed by atoms with Crippen molar-refractivity contribution in [3.63, 3.8) is 0 Å². The minimum Gasteiger partial charge on any atom is -0.294 e. The number of ketones is 1. The number of nitrogens with zero attached hydrogens (tertiary/aromatic N) is 1. The lowest BCUT2D eigenvalue weighted by molar-refractivity contribution is 0.0932. The molecule has 1 atom stereocenters. The highest BCUT2D eigenvalue weighted by Crippen LogP contribution is 2.21. The van der Waals surface area contributed by atoms with Crippen LogP contribution in [0.2, 0.25) is 0 Å². The highest BCUT2D eigenvalue weighted by molar-refractivity contribution is 8.00. The van der Waals surface area contributed by atoms with Gasteiger partial charge in [-0.15, -0.1) is 0 Å². The fourth-order valence-electron chi connectivity index (χ4n) is 2.50. The quantitative estimate of drug-likeness (QED) is 0.788. The molecule has 0 amide bonds. The van der Waals surface area contributed by atoms with Gasteiger partial charge in [0.15, 0.2) is 5.78 Å². The van der Waals surface area contributed by atoms with Gasteiger partial charge in [0.05, 0.1) is 6.54 Å². The van der Waals surface area contributed by atoms with E-state index in [4.69, 9.17) is 0 Å². The summed E-state index contributed by atoms with van der Waals surface area (Å²) < 4.78 is 0. The van der Waals surface area contributed by atoms with Crippen LogP contribution in [0.15, 0.2) is 18.2 Å². The molecule has 19 heavy (non-hydrogen) atoms. The van der Waals surface area contributed by atoms with Crippen LogP contribution in [-0.2, 0) is 0 Å².